The first-order valence-corrected chi connectivity index (χ1v) is 7.76. The number of amides is 2. The van der Waals surface area contributed by atoms with E-state index in [0.29, 0.717) is 31.2 Å². The van der Waals surface area contributed by atoms with E-state index < -0.39 is 0 Å². The van der Waals surface area contributed by atoms with E-state index in [1.54, 1.807) is 48.9 Å². The van der Waals surface area contributed by atoms with Crippen molar-refractivity contribution in [2.75, 3.05) is 37.0 Å². The number of hydrogen-bond donors (Lipinski definition) is 1. The van der Waals surface area contributed by atoms with Gasteiger partial charge < -0.3 is 19.9 Å². The van der Waals surface area contributed by atoms with Crippen LogP contribution in [0.2, 0.25) is 0 Å². The third-order valence-corrected chi connectivity index (χ3v) is 3.96. The molecule has 0 bridgehead atoms. The van der Waals surface area contributed by atoms with Crippen molar-refractivity contribution in [1.82, 2.24) is 19.9 Å². The van der Waals surface area contributed by atoms with Gasteiger partial charge in [-0.2, -0.15) is 0 Å². The van der Waals surface area contributed by atoms with Crippen molar-refractivity contribution in [1.29, 1.82) is 0 Å². The molecule has 1 fully saturated rings. The number of carbonyl (C=O) groups is 1. The maximum atomic E-state index is 12.4. The van der Waals surface area contributed by atoms with Crippen molar-refractivity contribution in [3.8, 4) is 5.88 Å². The predicted octanol–water partition coefficient (Wildman–Crippen LogP) is 1.62. The number of carbonyl (C=O) groups excluding carboxylic acids is 1. The molecule has 2 amide bonds. The minimum atomic E-state index is -0.132. The van der Waals surface area contributed by atoms with E-state index in [2.05, 4.69) is 32.1 Å². The fraction of sp³-hybridized carbons (Fsp3) is 0.375. The molecule has 1 unspecified atom stereocenters. The summed E-state index contributed by atoms with van der Waals surface area (Å²) >= 11 is 0. The second-order valence-electron chi connectivity index (χ2n) is 5.57. The number of anilines is 2. The molecule has 8 nitrogen and oxygen atoms in total. The molecule has 24 heavy (non-hydrogen) atoms. The van der Waals surface area contributed by atoms with Crippen LogP contribution >= 0.6 is 0 Å². The topological polar surface area (TPSA) is 83.5 Å². The minimum absolute atomic E-state index is 0.132. The smallest absolute Gasteiger partial charge is 0.322 e. The highest BCUT2D eigenvalue weighted by atomic mass is 16.5. The van der Waals surface area contributed by atoms with Crippen molar-refractivity contribution in [2.45, 2.75) is 13.0 Å². The highest BCUT2D eigenvalue weighted by Crippen LogP contribution is 2.18. The zero-order valence-corrected chi connectivity index (χ0v) is 13.7. The van der Waals surface area contributed by atoms with Gasteiger partial charge >= 0.3 is 6.03 Å². The van der Waals surface area contributed by atoms with Crippen molar-refractivity contribution in [2.24, 2.45) is 0 Å². The molecule has 3 heterocycles. The summed E-state index contributed by atoms with van der Waals surface area (Å²) in [4.78, 5) is 28.9. The van der Waals surface area contributed by atoms with Crippen LogP contribution < -0.4 is 15.0 Å². The van der Waals surface area contributed by atoms with Crippen LogP contribution in [0.15, 0.2) is 36.9 Å². The SMILES string of the molecule is COc1ccc(NC(=O)N2CCN(c3cnccn3)C(C)C2)cn1. The van der Waals surface area contributed by atoms with Gasteiger partial charge in [-0.05, 0) is 13.0 Å². The fourth-order valence-corrected chi connectivity index (χ4v) is 2.70. The van der Waals surface area contributed by atoms with Crippen molar-refractivity contribution < 1.29 is 9.53 Å². The largest absolute Gasteiger partial charge is 0.481 e. The van der Waals surface area contributed by atoms with Crippen LogP contribution in [0.4, 0.5) is 16.3 Å². The van der Waals surface area contributed by atoms with Crippen molar-refractivity contribution >= 4 is 17.5 Å². The normalized spacial score (nSPS) is 17.5. The summed E-state index contributed by atoms with van der Waals surface area (Å²) in [6, 6.07) is 3.51. The van der Waals surface area contributed by atoms with E-state index in [4.69, 9.17) is 4.74 Å². The van der Waals surface area contributed by atoms with Gasteiger partial charge in [-0.25, -0.2) is 14.8 Å². The standard InChI is InChI=1S/C16H20N6O2/c1-12-11-21(7-8-22(12)14-10-17-5-6-18-14)16(23)20-13-3-4-15(24-2)19-9-13/h3-6,9-10,12H,7-8,11H2,1-2H3,(H,20,23). The van der Waals surface area contributed by atoms with Crippen LogP contribution in [0.25, 0.3) is 0 Å². The monoisotopic (exact) mass is 328 g/mol. The molecule has 0 radical (unpaired) electrons. The lowest BCUT2D eigenvalue weighted by Crippen LogP contribution is -2.55. The Bertz CT molecular complexity index is 679. The molecule has 1 aliphatic rings. The second kappa shape index (κ2) is 7.12. The maximum Gasteiger partial charge on any atom is 0.322 e. The Labute approximate surface area is 140 Å². The Hall–Kier alpha value is -2.90. The average molecular weight is 328 g/mol. The molecule has 1 atom stereocenters. The number of urea groups is 1. The molecule has 2 aromatic heterocycles. The molecule has 0 spiro atoms. The molecule has 3 rings (SSSR count). The lowest BCUT2D eigenvalue weighted by Gasteiger charge is -2.40. The number of piperazine rings is 1. The first-order valence-electron chi connectivity index (χ1n) is 7.76. The summed E-state index contributed by atoms with van der Waals surface area (Å²) in [5.41, 5.74) is 0.643. The van der Waals surface area contributed by atoms with Crippen LogP contribution in [0.1, 0.15) is 6.92 Å². The number of hydrogen-bond acceptors (Lipinski definition) is 6. The van der Waals surface area contributed by atoms with Crippen LogP contribution in [0, 0.1) is 0 Å². The van der Waals surface area contributed by atoms with Gasteiger partial charge in [0.2, 0.25) is 5.88 Å². The second-order valence-corrected chi connectivity index (χ2v) is 5.57. The lowest BCUT2D eigenvalue weighted by molar-refractivity contribution is 0.200. The van der Waals surface area contributed by atoms with Gasteiger partial charge in [0.25, 0.3) is 0 Å². The Balaban J connectivity index is 1.59. The Morgan fingerprint density at radius 3 is 2.75 bits per heavy atom. The molecule has 0 saturated carbocycles. The number of aromatic nitrogens is 3. The van der Waals surface area contributed by atoms with E-state index in [1.807, 2.05) is 0 Å². The average Bonchev–Trinajstić information content (AvgIpc) is 2.63. The molecule has 0 aliphatic carbocycles. The molecule has 126 valence electrons. The lowest BCUT2D eigenvalue weighted by atomic mass is 10.2. The van der Waals surface area contributed by atoms with Crippen LogP contribution in [-0.2, 0) is 0 Å². The summed E-state index contributed by atoms with van der Waals surface area (Å²) in [6.45, 7) is 4.03. The summed E-state index contributed by atoms with van der Waals surface area (Å²) in [7, 11) is 1.55. The van der Waals surface area contributed by atoms with Gasteiger partial charge in [0.15, 0.2) is 0 Å². The third kappa shape index (κ3) is 3.53. The molecule has 8 heteroatoms. The highest BCUT2D eigenvalue weighted by molar-refractivity contribution is 5.89. The van der Waals surface area contributed by atoms with Gasteiger partial charge in [0, 0.05) is 44.1 Å². The van der Waals surface area contributed by atoms with Crippen LogP contribution in [0.5, 0.6) is 5.88 Å². The number of nitrogens with zero attached hydrogens (tertiary/aromatic N) is 5. The van der Waals surface area contributed by atoms with Crippen molar-refractivity contribution in [3.63, 3.8) is 0 Å². The van der Waals surface area contributed by atoms with E-state index in [0.717, 1.165) is 5.82 Å². The highest BCUT2D eigenvalue weighted by Gasteiger charge is 2.27. The van der Waals surface area contributed by atoms with Gasteiger partial charge in [-0.3, -0.25) is 4.98 Å². The molecule has 1 N–H and O–H groups in total. The number of pyridine rings is 1. The van der Waals surface area contributed by atoms with E-state index >= 15 is 0 Å². The summed E-state index contributed by atoms with van der Waals surface area (Å²) in [5.74, 6) is 1.35. The number of methoxy groups -OCH3 is 1. The quantitative estimate of drug-likeness (QED) is 0.922. The molecular weight excluding hydrogens is 308 g/mol. The molecule has 1 saturated heterocycles. The minimum Gasteiger partial charge on any atom is -0.481 e. The van der Waals surface area contributed by atoms with Crippen LogP contribution in [-0.4, -0.2) is 58.7 Å². The van der Waals surface area contributed by atoms with Crippen molar-refractivity contribution in [3.05, 3.63) is 36.9 Å². The molecule has 0 aromatic carbocycles. The van der Waals surface area contributed by atoms with E-state index in [-0.39, 0.29) is 12.1 Å². The predicted molar refractivity (Wildman–Crippen MR) is 90.2 cm³/mol. The Morgan fingerprint density at radius 1 is 1.25 bits per heavy atom. The number of rotatable bonds is 3. The molecule has 1 aliphatic heterocycles. The molecule has 2 aromatic rings. The third-order valence-electron chi connectivity index (χ3n) is 3.96. The molecular formula is C16H20N6O2. The van der Waals surface area contributed by atoms with Gasteiger partial charge in [0.05, 0.1) is 25.2 Å². The summed E-state index contributed by atoms with van der Waals surface area (Å²) < 4.78 is 5.01. The Morgan fingerprint density at radius 2 is 2.12 bits per heavy atom. The Kier molecular flexibility index (Phi) is 4.74. The first-order chi connectivity index (χ1) is 11.7. The summed E-state index contributed by atoms with van der Waals surface area (Å²) in [6.07, 6.45) is 6.66. The van der Waals surface area contributed by atoms with E-state index in [1.165, 1.54) is 0 Å². The van der Waals surface area contributed by atoms with Gasteiger partial charge in [0.1, 0.15) is 5.82 Å². The van der Waals surface area contributed by atoms with Crippen LogP contribution in [0.3, 0.4) is 0 Å². The van der Waals surface area contributed by atoms with Gasteiger partial charge in [-0.1, -0.05) is 0 Å². The number of ether oxygens (including phenoxy) is 1. The summed E-state index contributed by atoms with van der Waals surface area (Å²) in [5, 5.41) is 2.86. The number of nitrogens with one attached hydrogen (secondary N) is 1. The zero-order chi connectivity index (χ0) is 16.9. The van der Waals surface area contributed by atoms with E-state index in [9.17, 15) is 4.79 Å². The first kappa shape index (κ1) is 16.0. The maximum absolute atomic E-state index is 12.4. The fourth-order valence-electron chi connectivity index (χ4n) is 2.70. The zero-order valence-electron chi connectivity index (χ0n) is 13.7. The van der Waals surface area contributed by atoms with Gasteiger partial charge in [-0.15, -0.1) is 0 Å².